The zero-order valence-corrected chi connectivity index (χ0v) is 19.6. The maximum absolute atomic E-state index is 11.9. The van der Waals surface area contributed by atoms with E-state index in [2.05, 4.69) is 33.9 Å². The van der Waals surface area contributed by atoms with E-state index < -0.39 is 8.32 Å². The quantitative estimate of drug-likeness (QED) is 0.633. The molecule has 4 rings (SSSR count). The number of allylic oxidation sites excluding steroid dienone is 1. The highest BCUT2D eigenvalue weighted by atomic mass is 28.4. The van der Waals surface area contributed by atoms with Gasteiger partial charge < -0.3 is 9.53 Å². The predicted octanol–water partition coefficient (Wildman–Crippen LogP) is 5.49. The van der Waals surface area contributed by atoms with Gasteiger partial charge in [-0.25, -0.2) is 0 Å². The van der Waals surface area contributed by atoms with Crippen molar-refractivity contribution >= 4 is 14.1 Å². The van der Waals surface area contributed by atoms with Crippen LogP contribution in [0.25, 0.3) is 0 Å². The molecule has 0 bridgehead atoms. The maximum atomic E-state index is 11.9. The van der Waals surface area contributed by atoms with Crippen molar-refractivity contribution in [3.63, 3.8) is 0 Å². The molecule has 0 heterocycles. The molecule has 0 spiro atoms. The van der Waals surface area contributed by atoms with E-state index in [9.17, 15) is 9.90 Å². The van der Waals surface area contributed by atoms with Crippen LogP contribution in [0.3, 0.4) is 0 Å². The Labute approximate surface area is 172 Å². The van der Waals surface area contributed by atoms with Crippen molar-refractivity contribution in [2.75, 3.05) is 6.61 Å². The summed E-state index contributed by atoms with van der Waals surface area (Å²) in [5.74, 6) is 3.02. The number of hydrogen-bond acceptors (Lipinski definition) is 3. The number of aliphatic hydroxyl groups is 1. The van der Waals surface area contributed by atoms with Gasteiger partial charge in [-0.1, -0.05) is 26.3 Å². The molecule has 1 N–H and O–H groups in total. The molecular weight excluding hydrogens is 364 g/mol. The molecule has 0 saturated heterocycles. The molecule has 0 aromatic heterocycles. The molecule has 28 heavy (non-hydrogen) atoms. The second kappa shape index (κ2) is 7.06. The van der Waals surface area contributed by atoms with Crippen molar-refractivity contribution in [1.82, 2.24) is 0 Å². The lowest BCUT2D eigenvalue weighted by Gasteiger charge is -2.55. The third-order valence-corrected chi connectivity index (χ3v) is 14.0. The third-order valence-electron chi connectivity index (χ3n) is 9.48. The monoisotopic (exact) mass is 404 g/mol. The summed E-state index contributed by atoms with van der Waals surface area (Å²) in [4.78, 5) is 11.9. The summed E-state index contributed by atoms with van der Waals surface area (Å²) in [6, 6.07) is 0. The molecule has 4 unspecified atom stereocenters. The first-order chi connectivity index (χ1) is 13.1. The first kappa shape index (κ1) is 20.8. The SMILES string of the molecule is CC(C)(C)[Si](C)(C)OC[C@]12CCC3C4CCC(=O)C=C4CCC3C1CC[C@@H]2O. The first-order valence-electron chi connectivity index (χ1n) is 11.6. The van der Waals surface area contributed by atoms with Gasteiger partial charge in [-0.05, 0) is 92.8 Å². The molecule has 4 aliphatic rings. The van der Waals surface area contributed by atoms with Gasteiger partial charge in [0.15, 0.2) is 14.1 Å². The van der Waals surface area contributed by atoms with Gasteiger partial charge in [0.25, 0.3) is 0 Å². The topological polar surface area (TPSA) is 46.5 Å². The lowest BCUT2D eigenvalue weighted by molar-refractivity contribution is -0.116. The number of aliphatic hydroxyl groups excluding tert-OH is 1. The Bertz CT molecular complexity index is 661. The Morgan fingerprint density at radius 2 is 1.86 bits per heavy atom. The Hall–Kier alpha value is -0.453. The molecule has 3 nitrogen and oxygen atoms in total. The van der Waals surface area contributed by atoms with E-state index in [1.54, 1.807) is 0 Å². The minimum atomic E-state index is -1.82. The van der Waals surface area contributed by atoms with Crippen molar-refractivity contribution in [1.29, 1.82) is 0 Å². The van der Waals surface area contributed by atoms with E-state index in [4.69, 9.17) is 4.43 Å². The molecule has 3 fully saturated rings. The third kappa shape index (κ3) is 3.28. The summed E-state index contributed by atoms with van der Waals surface area (Å²) in [7, 11) is -1.82. The van der Waals surface area contributed by atoms with Gasteiger partial charge >= 0.3 is 0 Å². The molecule has 0 radical (unpaired) electrons. The summed E-state index contributed by atoms with van der Waals surface area (Å²) in [6.07, 6.45) is 10.3. The zero-order chi connectivity index (χ0) is 20.3. The summed E-state index contributed by atoms with van der Waals surface area (Å²) in [5, 5.41) is 11.3. The van der Waals surface area contributed by atoms with Crippen LogP contribution in [0.15, 0.2) is 11.6 Å². The second-order valence-electron chi connectivity index (χ2n) is 11.7. The highest BCUT2D eigenvalue weighted by Crippen LogP contribution is 2.62. The zero-order valence-electron chi connectivity index (χ0n) is 18.6. The van der Waals surface area contributed by atoms with Crippen molar-refractivity contribution in [3.8, 4) is 0 Å². The molecule has 0 aromatic rings. The lowest BCUT2D eigenvalue weighted by atomic mass is 9.52. The van der Waals surface area contributed by atoms with Crippen LogP contribution in [0.2, 0.25) is 18.1 Å². The number of ketones is 1. The Morgan fingerprint density at radius 3 is 2.57 bits per heavy atom. The Kier molecular flexibility index (Phi) is 5.24. The second-order valence-corrected chi connectivity index (χ2v) is 16.5. The molecule has 6 atom stereocenters. The minimum Gasteiger partial charge on any atom is -0.416 e. The van der Waals surface area contributed by atoms with Crippen molar-refractivity contribution < 1.29 is 14.3 Å². The van der Waals surface area contributed by atoms with Crippen LogP contribution in [0.1, 0.15) is 72.1 Å². The van der Waals surface area contributed by atoms with E-state index in [0.717, 1.165) is 51.0 Å². The van der Waals surface area contributed by atoms with Crippen LogP contribution in [0, 0.1) is 29.1 Å². The van der Waals surface area contributed by atoms with Gasteiger partial charge in [0.05, 0.1) is 6.10 Å². The van der Waals surface area contributed by atoms with Gasteiger partial charge in [0.2, 0.25) is 0 Å². The van der Waals surface area contributed by atoms with Gasteiger partial charge in [0, 0.05) is 18.4 Å². The standard InChI is InChI=1S/C24H40O3Si/c1-23(2,3)28(4,5)27-15-24-13-12-19-18-9-7-17(25)14-16(18)6-8-20(19)21(24)10-11-22(24)26/h14,18-22,26H,6-13,15H2,1-5H3/t18?,19?,20?,21?,22-,24+/m0/s1. The fourth-order valence-corrected chi connectivity index (χ4v) is 7.83. The van der Waals surface area contributed by atoms with Gasteiger partial charge in [-0.2, -0.15) is 0 Å². The summed E-state index contributed by atoms with van der Waals surface area (Å²) < 4.78 is 6.73. The van der Waals surface area contributed by atoms with E-state index in [1.165, 1.54) is 18.4 Å². The number of carbonyl (C=O) groups is 1. The van der Waals surface area contributed by atoms with Crippen LogP contribution in [0.5, 0.6) is 0 Å². The molecule has 4 heteroatoms. The van der Waals surface area contributed by atoms with E-state index in [-0.39, 0.29) is 16.6 Å². The Balaban J connectivity index is 1.55. The summed E-state index contributed by atoms with van der Waals surface area (Å²) in [5.41, 5.74) is 1.42. The van der Waals surface area contributed by atoms with Crippen molar-refractivity contribution in [3.05, 3.63) is 11.6 Å². The minimum absolute atomic E-state index is 0.0254. The number of fused-ring (bicyclic) bond motifs is 5. The number of rotatable bonds is 3. The first-order valence-corrected chi connectivity index (χ1v) is 14.5. The highest BCUT2D eigenvalue weighted by molar-refractivity contribution is 6.74. The summed E-state index contributed by atoms with van der Waals surface area (Å²) in [6.45, 7) is 12.3. The molecular formula is C24H40O3Si. The van der Waals surface area contributed by atoms with Gasteiger partial charge in [0.1, 0.15) is 0 Å². The number of carbonyl (C=O) groups excluding carboxylic acids is 1. The average molecular weight is 405 g/mol. The molecule has 0 aromatic carbocycles. The molecule has 4 aliphatic carbocycles. The van der Waals surface area contributed by atoms with E-state index >= 15 is 0 Å². The van der Waals surface area contributed by atoms with Crippen molar-refractivity contribution in [2.45, 2.75) is 96.4 Å². The molecule has 3 saturated carbocycles. The van der Waals surface area contributed by atoms with Gasteiger partial charge in [-0.15, -0.1) is 0 Å². The molecule has 0 amide bonds. The highest BCUT2D eigenvalue weighted by Gasteiger charge is 2.59. The van der Waals surface area contributed by atoms with E-state index in [1.807, 2.05) is 6.08 Å². The smallest absolute Gasteiger partial charge is 0.192 e. The van der Waals surface area contributed by atoms with Crippen LogP contribution in [-0.4, -0.2) is 31.9 Å². The lowest BCUT2D eigenvalue weighted by Crippen LogP contribution is -2.53. The van der Waals surface area contributed by atoms with Crippen LogP contribution in [-0.2, 0) is 9.22 Å². The van der Waals surface area contributed by atoms with Crippen LogP contribution < -0.4 is 0 Å². The fourth-order valence-electron chi connectivity index (χ4n) is 6.77. The van der Waals surface area contributed by atoms with Crippen LogP contribution >= 0.6 is 0 Å². The van der Waals surface area contributed by atoms with Gasteiger partial charge in [-0.3, -0.25) is 4.79 Å². The average Bonchev–Trinajstić information content (AvgIpc) is 2.96. The number of hydrogen-bond donors (Lipinski definition) is 1. The van der Waals surface area contributed by atoms with Crippen LogP contribution in [0.4, 0.5) is 0 Å². The van der Waals surface area contributed by atoms with E-state index in [0.29, 0.717) is 23.5 Å². The predicted molar refractivity (Wildman–Crippen MR) is 116 cm³/mol. The summed E-state index contributed by atoms with van der Waals surface area (Å²) >= 11 is 0. The van der Waals surface area contributed by atoms with Crippen molar-refractivity contribution in [2.24, 2.45) is 29.1 Å². The normalized spacial score (nSPS) is 41.1. The Morgan fingerprint density at radius 1 is 1.11 bits per heavy atom. The molecule has 0 aliphatic heterocycles. The maximum Gasteiger partial charge on any atom is 0.192 e. The molecule has 158 valence electrons. The largest absolute Gasteiger partial charge is 0.416 e. The fraction of sp³-hybridized carbons (Fsp3) is 0.875.